The third-order valence-electron chi connectivity index (χ3n) is 2.52. The van der Waals surface area contributed by atoms with Crippen molar-refractivity contribution < 1.29 is 5.11 Å². The smallest absolute Gasteiger partial charge is 0.226 e. The number of H-pyrrole nitrogens is 1. The lowest BCUT2D eigenvalue weighted by molar-refractivity contribution is 0.201. The van der Waals surface area contributed by atoms with Gasteiger partial charge in [-0.3, -0.25) is 5.10 Å². The van der Waals surface area contributed by atoms with Gasteiger partial charge in [-0.2, -0.15) is 15.1 Å². The minimum atomic E-state index is -0.422. The van der Waals surface area contributed by atoms with E-state index < -0.39 is 6.10 Å². The van der Waals surface area contributed by atoms with Gasteiger partial charge in [-0.05, 0) is 13.8 Å². The molecule has 0 amide bonds. The molecule has 0 radical (unpaired) electrons. The van der Waals surface area contributed by atoms with Gasteiger partial charge in [0.2, 0.25) is 5.95 Å². The van der Waals surface area contributed by atoms with E-state index in [9.17, 15) is 5.11 Å². The Morgan fingerprint density at radius 2 is 2.28 bits per heavy atom. The van der Waals surface area contributed by atoms with Gasteiger partial charge < -0.3 is 15.3 Å². The number of aromatic nitrogens is 4. The molecule has 0 aliphatic heterocycles. The summed E-state index contributed by atoms with van der Waals surface area (Å²) in [6.07, 6.45) is 1.27. The molecule has 7 heteroatoms. The standard InChI is InChI=1S/C11H18N6O/c1-4-12-11-14-9-8(5-13-16-9)10(15-11)17(3)6-7(2)18/h5,7,18H,4,6H2,1-3H3,(H2,12,13,14,15,16). The van der Waals surface area contributed by atoms with E-state index in [1.54, 1.807) is 13.1 Å². The van der Waals surface area contributed by atoms with Crippen molar-refractivity contribution in [2.45, 2.75) is 20.0 Å². The van der Waals surface area contributed by atoms with Crippen LogP contribution in [-0.2, 0) is 0 Å². The van der Waals surface area contributed by atoms with Gasteiger partial charge in [0.05, 0.1) is 17.7 Å². The van der Waals surface area contributed by atoms with Crippen molar-refractivity contribution in [3.05, 3.63) is 6.20 Å². The highest BCUT2D eigenvalue weighted by Crippen LogP contribution is 2.22. The first-order chi connectivity index (χ1) is 8.61. The van der Waals surface area contributed by atoms with Crippen LogP contribution in [0.25, 0.3) is 11.0 Å². The number of aromatic amines is 1. The van der Waals surface area contributed by atoms with Crippen LogP contribution in [0.5, 0.6) is 0 Å². The molecule has 2 heterocycles. The Balaban J connectivity index is 2.42. The molecule has 0 aliphatic carbocycles. The molecule has 1 unspecified atom stereocenters. The molecule has 98 valence electrons. The van der Waals surface area contributed by atoms with Crippen molar-refractivity contribution in [2.24, 2.45) is 0 Å². The fraction of sp³-hybridized carbons (Fsp3) is 0.545. The maximum Gasteiger partial charge on any atom is 0.226 e. The SMILES string of the molecule is CCNc1nc(N(C)CC(C)O)c2cn[nH]c2n1. The number of hydrogen-bond donors (Lipinski definition) is 3. The Morgan fingerprint density at radius 1 is 1.50 bits per heavy atom. The zero-order valence-electron chi connectivity index (χ0n) is 10.8. The van der Waals surface area contributed by atoms with Gasteiger partial charge in [0, 0.05) is 20.1 Å². The molecule has 0 saturated carbocycles. The first-order valence-corrected chi connectivity index (χ1v) is 5.96. The Bertz CT molecular complexity index is 523. The lowest BCUT2D eigenvalue weighted by Crippen LogP contribution is -2.28. The maximum absolute atomic E-state index is 9.46. The molecule has 0 fully saturated rings. The van der Waals surface area contributed by atoms with Crippen LogP contribution in [-0.4, -0.2) is 51.5 Å². The van der Waals surface area contributed by atoms with Crippen molar-refractivity contribution >= 4 is 22.8 Å². The summed E-state index contributed by atoms with van der Waals surface area (Å²) in [5.74, 6) is 1.31. The molecule has 18 heavy (non-hydrogen) atoms. The Hall–Kier alpha value is -1.89. The van der Waals surface area contributed by atoms with Crippen LogP contribution in [0, 0.1) is 0 Å². The van der Waals surface area contributed by atoms with Crippen LogP contribution in [0.15, 0.2) is 6.20 Å². The van der Waals surface area contributed by atoms with E-state index in [1.807, 2.05) is 18.9 Å². The molecule has 0 saturated heterocycles. The van der Waals surface area contributed by atoms with E-state index >= 15 is 0 Å². The molecular weight excluding hydrogens is 232 g/mol. The van der Waals surface area contributed by atoms with Gasteiger partial charge in [0.15, 0.2) is 5.65 Å². The van der Waals surface area contributed by atoms with E-state index in [1.165, 1.54) is 0 Å². The van der Waals surface area contributed by atoms with Crippen LogP contribution in [0.3, 0.4) is 0 Å². The number of likely N-dealkylation sites (N-methyl/N-ethyl adjacent to an activating group) is 1. The van der Waals surface area contributed by atoms with Crippen LogP contribution in [0.2, 0.25) is 0 Å². The second-order valence-electron chi connectivity index (χ2n) is 4.26. The minimum Gasteiger partial charge on any atom is -0.392 e. The summed E-state index contributed by atoms with van der Waals surface area (Å²) < 4.78 is 0. The summed E-state index contributed by atoms with van der Waals surface area (Å²) in [4.78, 5) is 10.7. The number of hydrogen-bond acceptors (Lipinski definition) is 6. The monoisotopic (exact) mass is 250 g/mol. The number of nitrogens with zero attached hydrogens (tertiary/aromatic N) is 4. The van der Waals surface area contributed by atoms with E-state index in [-0.39, 0.29) is 0 Å². The third kappa shape index (κ3) is 2.51. The van der Waals surface area contributed by atoms with Crippen molar-refractivity contribution in [3.8, 4) is 0 Å². The zero-order valence-corrected chi connectivity index (χ0v) is 10.8. The minimum absolute atomic E-state index is 0.422. The summed E-state index contributed by atoms with van der Waals surface area (Å²) in [7, 11) is 1.89. The van der Waals surface area contributed by atoms with Gasteiger partial charge in [-0.25, -0.2) is 0 Å². The highest BCUT2D eigenvalue weighted by atomic mass is 16.3. The molecule has 2 aromatic rings. The molecular formula is C11H18N6O. The van der Waals surface area contributed by atoms with Gasteiger partial charge in [-0.15, -0.1) is 0 Å². The van der Waals surface area contributed by atoms with Crippen LogP contribution in [0.4, 0.5) is 11.8 Å². The van der Waals surface area contributed by atoms with Gasteiger partial charge in [-0.1, -0.05) is 0 Å². The van der Waals surface area contributed by atoms with Crippen LogP contribution in [0.1, 0.15) is 13.8 Å². The Labute approximate surface area is 105 Å². The summed E-state index contributed by atoms with van der Waals surface area (Å²) in [5, 5.41) is 20.2. The van der Waals surface area contributed by atoms with Crippen LogP contribution < -0.4 is 10.2 Å². The number of anilines is 2. The Morgan fingerprint density at radius 3 is 2.94 bits per heavy atom. The third-order valence-corrected chi connectivity index (χ3v) is 2.52. The molecule has 2 rings (SSSR count). The molecule has 0 bridgehead atoms. The lowest BCUT2D eigenvalue weighted by Gasteiger charge is -2.20. The van der Waals surface area contributed by atoms with Crippen molar-refractivity contribution in [2.75, 3.05) is 30.4 Å². The first kappa shape index (κ1) is 12.6. The maximum atomic E-state index is 9.46. The fourth-order valence-corrected chi connectivity index (χ4v) is 1.83. The number of nitrogens with one attached hydrogen (secondary N) is 2. The van der Waals surface area contributed by atoms with E-state index in [0.717, 1.165) is 17.7 Å². The van der Waals surface area contributed by atoms with Crippen LogP contribution >= 0.6 is 0 Å². The number of aliphatic hydroxyl groups is 1. The van der Waals surface area contributed by atoms with Gasteiger partial charge >= 0.3 is 0 Å². The second kappa shape index (κ2) is 5.18. The van der Waals surface area contributed by atoms with E-state index in [4.69, 9.17) is 0 Å². The second-order valence-corrected chi connectivity index (χ2v) is 4.26. The summed E-state index contributed by atoms with van der Waals surface area (Å²) in [5.41, 5.74) is 0.688. The average Bonchev–Trinajstić information content (AvgIpc) is 2.75. The molecule has 0 aliphatic rings. The number of aliphatic hydroxyl groups excluding tert-OH is 1. The molecule has 1 atom stereocenters. The summed E-state index contributed by atoms with van der Waals surface area (Å²) >= 11 is 0. The lowest BCUT2D eigenvalue weighted by atomic mass is 10.3. The normalized spacial score (nSPS) is 12.7. The predicted molar refractivity (Wildman–Crippen MR) is 70.8 cm³/mol. The van der Waals surface area contributed by atoms with Gasteiger partial charge in [0.25, 0.3) is 0 Å². The highest BCUT2D eigenvalue weighted by Gasteiger charge is 2.14. The largest absolute Gasteiger partial charge is 0.392 e. The fourth-order valence-electron chi connectivity index (χ4n) is 1.83. The first-order valence-electron chi connectivity index (χ1n) is 5.96. The Kier molecular flexibility index (Phi) is 3.61. The topological polar surface area (TPSA) is 90.0 Å². The molecule has 0 spiro atoms. The van der Waals surface area contributed by atoms with Gasteiger partial charge in [0.1, 0.15) is 5.82 Å². The van der Waals surface area contributed by atoms with Crippen molar-refractivity contribution in [1.82, 2.24) is 20.2 Å². The number of rotatable bonds is 5. The van der Waals surface area contributed by atoms with E-state index in [0.29, 0.717) is 18.1 Å². The molecule has 3 N–H and O–H groups in total. The molecule has 2 aromatic heterocycles. The zero-order chi connectivity index (χ0) is 13.1. The van der Waals surface area contributed by atoms with E-state index in [2.05, 4.69) is 25.5 Å². The number of fused-ring (bicyclic) bond motifs is 1. The van der Waals surface area contributed by atoms with Crippen molar-refractivity contribution in [3.63, 3.8) is 0 Å². The molecule has 0 aromatic carbocycles. The quantitative estimate of drug-likeness (QED) is 0.720. The predicted octanol–water partition coefficient (Wildman–Crippen LogP) is 0.602. The van der Waals surface area contributed by atoms with Crippen molar-refractivity contribution in [1.29, 1.82) is 0 Å². The summed E-state index contributed by atoms with van der Waals surface area (Å²) in [6.45, 7) is 4.98. The molecule has 7 nitrogen and oxygen atoms in total. The highest BCUT2D eigenvalue weighted by molar-refractivity contribution is 5.87. The average molecular weight is 250 g/mol. The summed E-state index contributed by atoms with van der Waals surface area (Å²) in [6, 6.07) is 0.